The Labute approximate surface area is 76.9 Å². The predicted octanol–water partition coefficient (Wildman–Crippen LogP) is -1.41. The highest BCUT2D eigenvalue weighted by atomic mass is 16.5. The summed E-state index contributed by atoms with van der Waals surface area (Å²) in [5.74, 6) is -0.293. The average Bonchev–Trinajstić information content (AvgIpc) is 2.11. The van der Waals surface area contributed by atoms with Crippen LogP contribution < -0.4 is 0 Å². The van der Waals surface area contributed by atoms with Crippen LogP contribution >= 0.6 is 0 Å². The van der Waals surface area contributed by atoms with Crippen LogP contribution in [0.1, 0.15) is 6.42 Å². The number of aliphatic hydroxyl groups is 2. The van der Waals surface area contributed by atoms with E-state index in [1.165, 1.54) is 7.11 Å². The van der Waals surface area contributed by atoms with Crippen molar-refractivity contribution < 1.29 is 19.7 Å². The number of aliphatic hydroxyl groups excluding tert-OH is 2. The van der Waals surface area contributed by atoms with Gasteiger partial charge in [-0.1, -0.05) is 0 Å². The van der Waals surface area contributed by atoms with Crippen LogP contribution in [0.2, 0.25) is 0 Å². The summed E-state index contributed by atoms with van der Waals surface area (Å²) in [4.78, 5) is 12.9. The maximum atomic E-state index is 11.1. The SMILES string of the molecule is COC(=O)C1CCN1C(CO)CO. The first-order valence-electron chi connectivity index (χ1n) is 4.29. The molecular formula is C8H15NO4. The summed E-state index contributed by atoms with van der Waals surface area (Å²) in [6, 6.07) is -0.618. The monoisotopic (exact) mass is 189 g/mol. The first-order valence-corrected chi connectivity index (χ1v) is 4.29. The van der Waals surface area contributed by atoms with Gasteiger partial charge in [-0.25, -0.2) is 0 Å². The molecule has 2 N–H and O–H groups in total. The summed E-state index contributed by atoms with van der Waals surface area (Å²) < 4.78 is 4.58. The molecule has 1 heterocycles. The van der Waals surface area contributed by atoms with Gasteiger partial charge in [0.25, 0.3) is 0 Å². The Morgan fingerprint density at radius 3 is 2.54 bits per heavy atom. The minimum absolute atomic E-state index is 0.135. The van der Waals surface area contributed by atoms with Crippen LogP contribution in [0.4, 0.5) is 0 Å². The van der Waals surface area contributed by atoms with E-state index in [4.69, 9.17) is 10.2 Å². The fourth-order valence-corrected chi connectivity index (χ4v) is 1.50. The van der Waals surface area contributed by atoms with E-state index >= 15 is 0 Å². The van der Waals surface area contributed by atoms with Crippen molar-refractivity contribution in [2.45, 2.75) is 18.5 Å². The van der Waals surface area contributed by atoms with Crippen molar-refractivity contribution in [2.24, 2.45) is 0 Å². The van der Waals surface area contributed by atoms with E-state index in [0.29, 0.717) is 0 Å². The van der Waals surface area contributed by atoms with E-state index in [2.05, 4.69) is 4.74 Å². The number of methoxy groups -OCH3 is 1. The lowest BCUT2D eigenvalue weighted by molar-refractivity contribution is -0.155. The first-order chi connectivity index (χ1) is 6.24. The van der Waals surface area contributed by atoms with Gasteiger partial charge in [0.15, 0.2) is 0 Å². The molecule has 0 bridgehead atoms. The molecule has 0 aromatic heterocycles. The molecule has 0 radical (unpaired) electrons. The topological polar surface area (TPSA) is 70.0 Å². The smallest absolute Gasteiger partial charge is 0.323 e. The lowest BCUT2D eigenvalue weighted by Gasteiger charge is -2.42. The van der Waals surface area contributed by atoms with Crippen molar-refractivity contribution in [2.75, 3.05) is 26.9 Å². The van der Waals surface area contributed by atoms with Gasteiger partial charge < -0.3 is 14.9 Å². The number of likely N-dealkylation sites (tertiary alicyclic amines) is 1. The maximum absolute atomic E-state index is 11.1. The van der Waals surface area contributed by atoms with Gasteiger partial charge in [-0.2, -0.15) is 0 Å². The Morgan fingerprint density at radius 2 is 2.23 bits per heavy atom. The molecule has 5 nitrogen and oxygen atoms in total. The van der Waals surface area contributed by atoms with Crippen LogP contribution in [0.3, 0.4) is 0 Å². The molecule has 1 fully saturated rings. The van der Waals surface area contributed by atoms with Gasteiger partial charge >= 0.3 is 5.97 Å². The van der Waals surface area contributed by atoms with E-state index < -0.39 is 0 Å². The molecule has 1 saturated heterocycles. The molecule has 0 aliphatic carbocycles. The van der Waals surface area contributed by atoms with Gasteiger partial charge in [-0.15, -0.1) is 0 Å². The summed E-state index contributed by atoms with van der Waals surface area (Å²) >= 11 is 0. The molecule has 0 amide bonds. The zero-order valence-electron chi connectivity index (χ0n) is 7.64. The average molecular weight is 189 g/mol. The van der Waals surface area contributed by atoms with Gasteiger partial charge in [0, 0.05) is 6.54 Å². The number of carbonyl (C=O) groups excluding carboxylic acids is 1. The molecule has 5 heteroatoms. The normalized spacial score (nSPS) is 22.9. The number of carbonyl (C=O) groups is 1. The van der Waals surface area contributed by atoms with Gasteiger partial charge in [0.2, 0.25) is 0 Å². The maximum Gasteiger partial charge on any atom is 0.323 e. The second kappa shape index (κ2) is 4.55. The van der Waals surface area contributed by atoms with Crippen molar-refractivity contribution in [1.29, 1.82) is 0 Å². The largest absolute Gasteiger partial charge is 0.468 e. The molecule has 1 aliphatic heterocycles. The molecule has 0 saturated carbocycles. The highest BCUT2D eigenvalue weighted by molar-refractivity contribution is 5.76. The van der Waals surface area contributed by atoms with Crippen LogP contribution in [0, 0.1) is 0 Å². The van der Waals surface area contributed by atoms with Crippen LogP contribution in [-0.2, 0) is 9.53 Å². The number of hydrogen-bond donors (Lipinski definition) is 2. The van der Waals surface area contributed by atoms with Crippen LogP contribution in [-0.4, -0.2) is 60.0 Å². The number of nitrogens with zero attached hydrogens (tertiary/aromatic N) is 1. The highest BCUT2D eigenvalue weighted by Gasteiger charge is 2.38. The summed E-state index contributed by atoms with van der Waals surface area (Å²) in [6.45, 7) is 0.458. The molecule has 0 spiro atoms. The Hall–Kier alpha value is -0.650. The van der Waals surface area contributed by atoms with E-state index in [0.717, 1.165) is 13.0 Å². The molecule has 1 aliphatic rings. The molecular weight excluding hydrogens is 174 g/mol. The molecule has 76 valence electrons. The molecule has 1 atom stereocenters. The van der Waals surface area contributed by atoms with E-state index in [9.17, 15) is 4.79 Å². The summed E-state index contributed by atoms with van der Waals surface area (Å²) in [5.41, 5.74) is 0. The lowest BCUT2D eigenvalue weighted by atomic mass is 10.0. The zero-order valence-corrected chi connectivity index (χ0v) is 7.64. The van der Waals surface area contributed by atoms with Gasteiger partial charge in [0.05, 0.1) is 26.4 Å². The van der Waals surface area contributed by atoms with Crippen LogP contribution in [0.15, 0.2) is 0 Å². The van der Waals surface area contributed by atoms with E-state index in [1.807, 2.05) is 0 Å². The van der Waals surface area contributed by atoms with Crippen molar-refractivity contribution in [3.63, 3.8) is 0 Å². The number of hydrogen-bond acceptors (Lipinski definition) is 5. The Morgan fingerprint density at radius 1 is 1.62 bits per heavy atom. The quantitative estimate of drug-likeness (QED) is 0.531. The predicted molar refractivity (Wildman–Crippen MR) is 45.1 cm³/mol. The van der Waals surface area contributed by atoms with Gasteiger partial charge in [0.1, 0.15) is 6.04 Å². The number of ether oxygens (including phenoxy) is 1. The summed E-state index contributed by atoms with van der Waals surface area (Å²) in [6.07, 6.45) is 0.739. The van der Waals surface area contributed by atoms with Crippen molar-refractivity contribution in [1.82, 2.24) is 4.90 Å². The molecule has 0 aromatic carbocycles. The van der Waals surface area contributed by atoms with Gasteiger partial charge in [-0.3, -0.25) is 9.69 Å². The van der Waals surface area contributed by atoms with E-state index in [1.54, 1.807) is 4.90 Å². The molecule has 1 rings (SSSR count). The van der Waals surface area contributed by atoms with Crippen molar-refractivity contribution in [3.8, 4) is 0 Å². The third-order valence-electron chi connectivity index (χ3n) is 2.42. The molecule has 13 heavy (non-hydrogen) atoms. The van der Waals surface area contributed by atoms with Crippen molar-refractivity contribution >= 4 is 5.97 Å². The van der Waals surface area contributed by atoms with Gasteiger partial charge in [-0.05, 0) is 6.42 Å². The lowest BCUT2D eigenvalue weighted by Crippen LogP contribution is -2.59. The fraction of sp³-hybridized carbons (Fsp3) is 0.875. The zero-order chi connectivity index (χ0) is 9.84. The molecule has 0 aromatic rings. The Bertz CT molecular complexity index is 181. The first kappa shape index (κ1) is 10.4. The number of rotatable bonds is 4. The Balaban J connectivity index is 2.47. The van der Waals surface area contributed by atoms with E-state index in [-0.39, 0.29) is 31.3 Å². The minimum Gasteiger partial charge on any atom is -0.468 e. The van der Waals surface area contributed by atoms with Crippen LogP contribution in [0.5, 0.6) is 0 Å². The molecule has 1 unspecified atom stereocenters. The Kier molecular flexibility index (Phi) is 3.65. The summed E-state index contributed by atoms with van der Waals surface area (Å²) in [5, 5.41) is 17.8. The highest BCUT2D eigenvalue weighted by Crippen LogP contribution is 2.21. The minimum atomic E-state index is -0.335. The summed E-state index contributed by atoms with van der Waals surface area (Å²) in [7, 11) is 1.34. The van der Waals surface area contributed by atoms with Crippen molar-refractivity contribution in [3.05, 3.63) is 0 Å². The second-order valence-corrected chi connectivity index (χ2v) is 3.08. The van der Waals surface area contributed by atoms with Crippen LogP contribution in [0.25, 0.3) is 0 Å². The number of esters is 1. The third-order valence-corrected chi connectivity index (χ3v) is 2.42. The standard InChI is InChI=1S/C8H15NO4/c1-13-8(12)7-2-3-9(7)6(4-10)5-11/h6-7,10-11H,2-5H2,1H3. The second-order valence-electron chi connectivity index (χ2n) is 3.08. The third kappa shape index (κ3) is 1.99. The fourth-order valence-electron chi connectivity index (χ4n) is 1.50.